The largest absolute Gasteiger partial charge is 0.463 e. The molecule has 0 saturated heterocycles. The van der Waals surface area contributed by atoms with Crippen molar-refractivity contribution in [1.29, 1.82) is 0 Å². The Labute approximate surface area is 184 Å². The first-order valence-corrected chi connectivity index (χ1v) is 10.1. The van der Waals surface area contributed by atoms with Crippen molar-refractivity contribution < 1.29 is 24.0 Å². The Morgan fingerprint density at radius 1 is 1.06 bits per heavy atom. The molecule has 31 heavy (non-hydrogen) atoms. The summed E-state index contributed by atoms with van der Waals surface area (Å²) in [5.41, 5.74) is 0.390. The molecule has 0 radical (unpaired) electrons. The second-order valence-electron chi connectivity index (χ2n) is 7.11. The van der Waals surface area contributed by atoms with Crippen molar-refractivity contribution in [2.45, 2.75) is 45.3 Å². The van der Waals surface area contributed by atoms with Crippen LogP contribution < -0.4 is 5.32 Å². The standard InChI is InChI=1S/C22H23ClN2O6/c1-14(2)31-22(28)13-18(17-5-3-4-6-19(17)25(29)30)24-21(27)12-11-20(26)15-7-9-16(23)10-8-15/h3-10,14,18H,11-13H2,1-2H3,(H,24,27). The second-order valence-corrected chi connectivity index (χ2v) is 7.55. The van der Waals surface area contributed by atoms with E-state index in [1.165, 1.54) is 18.2 Å². The normalized spacial score (nSPS) is 11.6. The molecular formula is C22H23ClN2O6. The molecule has 0 aliphatic rings. The van der Waals surface area contributed by atoms with E-state index >= 15 is 0 Å². The van der Waals surface area contributed by atoms with Crippen LogP contribution in [0, 0.1) is 10.1 Å². The van der Waals surface area contributed by atoms with Crippen LogP contribution in [0.25, 0.3) is 0 Å². The van der Waals surface area contributed by atoms with Crippen LogP contribution in [0.5, 0.6) is 0 Å². The van der Waals surface area contributed by atoms with E-state index in [0.717, 1.165) is 0 Å². The van der Waals surface area contributed by atoms with Crippen molar-refractivity contribution in [3.63, 3.8) is 0 Å². The van der Waals surface area contributed by atoms with Gasteiger partial charge in [-0.25, -0.2) is 0 Å². The first-order valence-electron chi connectivity index (χ1n) is 9.68. The summed E-state index contributed by atoms with van der Waals surface area (Å²) in [5.74, 6) is -1.35. The molecule has 1 unspecified atom stereocenters. The Morgan fingerprint density at radius 2 is 1.71 bits per heavy atom. The average Bonchev–Trinajstić information content (AvgIpc) is 2.71. The van der Waals surface area contributed by atoms with E-state index in [1.807, 2.05) is 0 Å². The summed E-state index contributed by atoms with van der Waals surface area (Å²) in [4.78, 5) is 47.8. The molecule has 0 fully saturated rings. The first kappa shape index (κ1) is 24.0. The molecule has 1 atom stereocenters. The number of benzene rings is 2. The van der Waals surface area contributed by atoms with Crippen LogP contribution in [0.1, 0.15) is 55.1 Å². The molecule has 1 amide bonds. The van der Waals surface area contributed by atoms with Crippen molar-refractivity contribution in [2.75, 3.05) is 0 Å². The zero-order chi connectivity index (χ0) is 23.0. The van der Waals surface area contributed by atoms with Gasteiger partial charge in [0.25, 0.3) is 5.69 Å². The van der Waals surface area contributed by atoms with Gasteiger partial charge in [-0.15, -0.1) is 0 Å². The summed E-state index contributed by atoms with van der Waals surface area (Å²) < 4.78 is 5.12. The maximum Gasteiger partial charge on any atom is 0.308 e. The Kier molecular flexibility index (Phi) is 8.69. The predicted octanol–water partition coefficient (Wildman–Crippen LogP) is 4.41. The minimum atomic E-state index is -0.967. The number of rotatable bonds is 10. The van der Waals surface area contributed by atoms with Gasteiger partial charge in [0, 0.05) is 29.5 Å². The van der Waals surface area contributed by atoms with Gasteiger partial charge < -0.3 is 10.1 Å². The van der Waals surface area contributed by atoms with Gasteiger partial charge in [0.2, 0.25) is 5.91 Å². The molecule has 0 saturated carbocycles. The number of Topliss-reactive ketones (excluding diaryl/α,β-unsaturated/α-hetero) is 1. The monoisotopic (exact) mass is 446 g/mol. The van der Waals surface area contributed by atoms with Gasteiger partial charge in [-0.05, 0) is 38.1 Å². The molecule has 0 aliphatic carbocycles. The van der Waals surface area contributed by atoms with Crippen molar-refractivity contribution in [3.8, 4) is 0 Å². The molecule has 2 aromatic carbocycles. The summed E-state index contributed by atoms with van der Waals surface area (Å²) in [6.07, 6.45) is -0.850. The van der Waals surface area contributed by atoms with Gasteiger partial charge in [-0.3, -0.25) is 24.5 Å². The molecule has 0 aromatic heterocycles. The number of ketones is 1. The number of hydrogen-bond donors (Lipinski definition) is 1. The van der Waals surface area contributed by atoms with Crippen LogP contribution >= 0.6 is 11.6 Å². The number of nitrogens with zero attached hydrogens (tertiary/aromatic N) is 1. The molecule has 8 nitrogen and oxygen atoms in total. The number of halogens is 1. The van der Waals surface area contributed by atoms with Crippen LogP contribution in [0.3, 0.4) is 0 Å². The number of ether oxygens (including phenoxy) is 1. The maximum atomic E-state index is 12.5. The number of amides is 1. The maximum absolute atomic E-state index is 12.5. The molecule has 1 N–H and O–H groups in total. The molecule has 0 bridgehead atoms. The lowest BCUT2D eigenvalue weighted by atomic mass is 10.0. The van der Waals surface area contributed by atoms with Gasteiger partial charge in [-0.2, -0.15) is 0 Å². The summed E-state index contributed by atoms with van der Waals surface area (Å²) in [5, 5.41) is 14.5. The minimum Gasteiger partial charge on any atom is -0.463 e. The smallest absolute Gasteiger partial charge is 0.308 e. The Morgan fingerprint density at radius 3 is 2.32 bits per heavy atom. The number of carbonyl (C=O) groups is 3. The summed E-state index contributed by atoms with van der Waals surface area (Å²) in [6.45, 7) is 3.36. The lowest BCUT2D eigenvalue weighted by molar-refractivity contribution is -0.385. The lowest BCUT2D eigenvalue weighted by Gasteiger charge is -2.19. The molecule has 164 valence electrons. The van der Waals surface area contributed by atoms with E-state index in [9.17, 15) is 24.5 Å². The molecule has 0 heterocycles. The zero-order valence-electron chi connectivity index (χ0n) is 17.2. The van der Waals surface area contributed by atoms with Crippen molar-refractivity contribution in [2.24, 2.45) is 0 Å². The van der Waals surface area contributed by atoms with Crippen LogP contribution in [0.4, 0.5) is 5.69 Å². The Balaban J connectivity index is 2.12. The highest BCUT2D eigenvalue weighted by molar-refractivity contribution is 6.30. The third kappa shape index (κ3) is 7.49. The third-order valence-corrected chi connectivity index (χ3v) is 4.58. The predicted molar refractivity (Wildman–Crippen MR) is 115 cm³/mol. The number of nitrogens with one attached hydrogen (secondary N) is 1. The Hall–Kier alpha value is -3.26. The Bertz CT molecular complexity index is 959. The summed E-state index contributed by atoms with van der Waals surface area (Å²) in [7, 11) is 0. The first-order chi connectivity index (χ1) is 14.7. The quantitative estimate of drug-likeness (QED) is 0.250. The number of nitro benzene ring substituents is 1. The summed E-state index contributed by atoms with van der Waals surface area (Å²) >= 11 is 5.81. The highest BCUT2D eigenvalue weighted by atomic mass is 35.5. The number of carbonyl (C=O) groups excluding carboxylic acids is 3. The van der Waals surface area contributed by atoms with Crippen molar-refractivity contribution >= 4 is 34.9 Å². The van der Waals surface area contributed by atoms with Crippen molar-refractivity contribution in [3.05, 3.63) is 74.8 Å². The average molecular weight is 447 g/mol. The van der Waals surface area contributed by atoms with E-state index in [2.05, 4.69) is 5.32 Å². The van der Waals surface area contributed by atoms with Gasteiger partial charge in [0.05, 0.1) is 29.1 Å². The van der Waals surface area contributed by atoms with Gasteiger partial charge in [0.1, 0.15) is 0 Å². The van der Waals surface area contributed by atoms with Gasteiger partial charge in [-0.1, -0.05) is 29.8 Å². The summed E-state index contributed by atoms with van der Waals surface area (Å²) in [6, 6.07) is 11.2. The van der Waals surface area contributed by atoms with Crippen LogP contribution in [-0.4, -0.2) is 28.7 Å². The number of esters is 1. The van der Waals surface area contributed by atoms with Gasteiger partial charge in [0.15, 0.2) is 5.78 Å². The third-order valence-electron chi connectivity index (χ3n) is 4.33. The second kappa shape index (κ2) is 11.2. The fraction of sp³-hybridized carbons (Fsp3) is 0.318. The van der Waals surface area contributed by atoms with E-state index in [4.69, 9.17) is 16.3 Å². The molecule has 2 aromatic rings. The molecule has 9 heteroatoms. The van der Waals surface area contributed by atoms with Crippen LogP contribution in [-0.2, 0) is 14.3 Å². The molecule has 2 rings (SSSR count). The van der Waals surface area contributed by atoms with E-state index < -0.39 is 22.8 Å². The number of hydrogen-bond acceptors (Lipinski definition) is 6. The molecule has 0 spiro atoms. The number of para-hydroxylation sites is 1. The molecular weight excluding hydrogens is 424 g/mol. The van der Waals surface area contributed by atoms with Crippen LogP contribution in [0.2, 0.25) is 5.02 Å². The fourth-order valence-electron chi connectivity index (χ4n) is 2.94. The highest BCUT2D eigenvalue weighted by Gasteiger charge is 2.26. The SMILES string of the molecule is CC(C)OC(=O)CC(NC(=O)CCC(=O)c1ccc(Cl)cc1)c1ccccc1[N+](=O)[O-]. The lowest BCUT2D eigenvalue weighted by Crippen LogP contribution is -2.31. The van der Waals surface area contributed by atoms with E-state index in [0.29, 0.717) is 10.6 Å². The zero-order valence-corrected chi connectivity index (χ0v) is 17.9. The van der Waals surface area contributed by atoms with Crippen LogP contribution in [0.15, 0.2) is 48.5 Å². The fourth-order valence-corrected chi connectivity index (χ4v) is 3.06. The number of nitro groups is 1. The highest BCUT2D eigenvalue weighted by Crippen LogP contribution is 2.27. The van der Waals surface area contributed by atoms with E-state index in [-0.39, 0.29) is 42.4 Å². The molecule has 0 aliphatic heterocycles. The topological polar surface area (TPSA) is 116 Å². The minimum absolute atomic E-state index is 0.0620. The van der Waals surface area contributed by atoms with E-state index in [1.54, 1.807) is 44.2 Å². The van der Waals surface area contributed by atoms with Crippen molar-refractivity contribution in [1.82, 2.24) is 5.32 Å². The van der Waals surface area contributed by atoms with Gasteiger partial charge >= 0.3 is 5.97 Å².